The monoisotopic (exact) mass is 604 g/mol. The lowest BCUT2D eigenvalue weighted by molar-refractivity contribution is -0.242. The number of carboxylic acid groups (broad SMARTS) is 1. The van der Waals surface area contributed by atoms with Crippen LogP contribution >= 0.6 is 0 Å². The van der Waals surface area contributed by atoms with E-state index in [9.17, 15) is 40.7 Å². The quantitative estimate of drug-likeness (QED) is 0.375. The predicted octanol–water partition coefficient (Wildman–Crippen LogP) is 5.18. The fourth-order valence-corrected chi connectivity index (χ4v) is 5.99. The number of sulfonamides is 1. The summed E-state index contributed by atoms with van der Waals surface area (Å²) in [5.41, 5.74) is -2.99. The molecule has 4 rings (SSSR count). The van der Waals surface area contributed by atoms with E-state index in [2.05, 4.69) is 10.1 Å². The highest BCUT2D eigenvalue weighted by molar-refractivity contribution is 7.92. The molecular formula is C26H28F4N2O8S. The molecule has 2 N–H and O–H groups in total. The van der Waals surface area contributed by atoms with Crippen LogP contribution in [-0.2, 0) is 19.6 Å². The Bertz CT molecular complexity index is 1440. The summed E-state index contributed by atoms with van der Waals surface area (Å²) in [4.78, 5) is 23.5. The number of ether oxygens (including phenoxy) is 3. The minimum atomic E-state index is -4.85. The van der Waals surface area contributed by atoms with Gasteiger partial charge in [0, 0.05) is 17.7 Å². The Hall–Kier alpha value is -3.75. The number of nitrogens with one attached hydrogen (secondary N) is 1. The third-order valence-electron chi connectivity index (χ3n) is 6.95. The molecule has 15 heteroatoms. The van der Waals surface area contributed by atoms with Crippen LogP contribution in [0.3, 0.4) is 0 Å². The number of benzene rings is 2. The SMILES string of the molecule is COc1cc(S(=O)(=O)N2C[C@H]([C@@H](CC(=O)O)C3CC3)Oc3ccc(NC(=O)OC(C)(C)C(F)(F)F)cc32)ccc1F. The van der Waals surface area contributed by atoms with Crippen LogP contribution in [0.4, 0.5) is 33.7 Å². The number of aliphatic carboxylic acids is 1. The number of amides is 1. The van der Waals surface area contributed by atoms with Crippen molar-refractivity contribution in [1.82, 2.24) is 0 Å². The van der Waals surface area contributed by atoms with Crippen molar-refractivity contribution in [2.75, 3.05) is 23.3 Å². The molecule has 10 nitrogen and oxygen atoms in total. The van der Waals surface area contributed by atoms with Crippen LogP contribution in [0.2, 0.25) is 0 Å². The number of carboxylic acids is 1. The molecule has 2 aromatic carbocycles. The first-order chi connectivity index (χ1) is 19.0. The number of alkyl halides is 3. The van der Waals surface area contributed by atoms with Gasteiger partial charge in [0.05, 0.1) is 30.7 Å². The highest BCUT2D eigenvalue weighted by atomic mass is 32.2. The molecule has 1 aliphatic heterocycles. The second-order valence-electron chi connectivity index (χ2n) is 10.3. The average molecular weight is 605 g/mol. The summed E-state index contributed by atoms with van der Waals surface area (Å²) in [5, 5.41) is 11.6. The number of nitrogens with zero attached hydrogens (tertiary/aromatic N) is 1. The van der Waals surface area contributed by atoms with Crippen LogP contribution in [0.1, 0.15) is 33.1 Å². The van der Waals surface area contributed by atoms with Gasteiger partial charge in [0.1, 0.15) is 11.9 Å². The zero-order valence-corrected chi connectivity index (χ0v) is 23.0. The van der Waals surface area contributed by atoms with Crippen molar-refractivity contribution < 1.29 is 54.9 Å². The molecule has 1 saturated carbocycles. The smallest absolute Gasteiger partial charge is 0.427 e. The van der Waals surface area contributed by atoms with Crippen molar-refractivity contribution in [2.45, 2.75) is 55.9 Å². The summed E-state index contributed by atoms with van der Waals surface area (Å²) in [5.74, 6) is -2.67. The number of halogens is 4. The second-order valence-corrected chi connectivity index (χ2v) is 12.2. The van der Waals surface area contributed by atoms with Gasteiger partial charge in [-0.25, -0.2) is 17.6 Å². The normalized spacial score (nSPS) is 18.1. The van der Waals surface area contributed by atoms with Gasteiger partial charge < -0.3 is 19.3 Å². The Balaban J connectivity index is 1.73. The molecule has 0 saturated heterocycles. The molecule has 2 aliphatic rings. The van der Waals surface area contributed by atoms with E-state index in [1.165, 1.54) is 18.2 Å². The van der Waals surface area contributed by atoms with Crippen LogP contribution in [0.15, 0.2) is 41.3 Å². The number of carbonyl (C=O) groups excluding carboxylic acids is 1. The molecular weight excluding hydrogens is 576 g/mol. The lowest BCUT2D eigenvalue weighted by atomic mass is 9.92. The van der Waals surface area contributed by atoms with E-state index >= 15 is 0 Å². The molecule has 41 heavy (non-hydrogen) atoms. The van der Waals surface area contributed by atoms with Crippen molar-refractivity contribution in [1.29, 1.82) is 0 Å². The molecule has 0 bridgehead atoms. The van der Waals surface area contributed by atoms with E-state index in [1.54, 1.807) is 0 Å². The van der Waals surface area contributed by atoms with E-state index in [-0.39, 0.29) is 46.7 Å². The average Bonchev–Trinajstić information content (AvgIpc) is 3.71. The Morgan fingerprint density at radius 2 is 1.85 bits per heavy atom. The number of methoxy groups -OCH3 is 1. The number of anilines is 2. The largest absolute Gasteiger partial charge is 0.494 e. The minimum Gasteiger partial charge on any atom is -0.494 e. The van der Waals surface area contributed by atoms with Gasteiger partial charge in [-0.3, -0.25) is 14.4 Å². The number of carbonyl (C=O) groups is 2. The van der Waals surface area contributed by atoms with Crippen LogP contribution in [0, 0.1) is 17.7 Å². The summed E-state index contributed by atoms with van der Waals surface area (Å²) < 4.78 is 97.7. The van der Waals surface area contributed by atoms with Crippen LogP contribution in [0.5, 0.6) is 11.5 Å². The number of hydrogen-bond acceptors (Lipinski definition) is 7. The van der Waals surface area contributed by atoms with Crippen molar-refractivity contribution in [3.63, 3.8) is 0 Å². The zero-order valence-electron chi connectivity index (χ0n) is 22.2. The molecule has 1 fully saturated rings. The van der Waals surface area contributed by atoms with Crippen molar-refractivity contribution in [3.8, 4) is 11.5 Å². The summed E-state index contributed by atoms with van der Waals surface area (Å²) in [6, 6.07) is 6.70. The summed E-state index contributed by atoms with van der Waals surface area (Å²) >= 11 is 0. The third-order valence-corrected chi connectivity index (χ3v) is 8.73. The van der Waals surface area contributed by atoms with Crippen LogP contribution in [0.25, 0.3) is 0 Å². The standard InChI is InChI=1S/C26H28F4N2O8S/c1-25(2,26(28,29)30)40-24(35)31-15-6-9-20-19(10-15)32(13-22(39-20)17(12-23(33)34)14-4-5-14)41(36,37)16-7-8-18(27)21(11-16)38-3/h6-11,14,17,22H,4-5,12-13H2,1-3H3,(H,31,35)(H,33,34)/t17-,22+/m0/s1. The van der Waals surface area contributed by atoms with E-state index in [0.717, 1.165) is 42.5 Å². The molecule has 2 aromatic rings. The maximum atomic E-state index is 14.1. The molecule has 0 spiro atoms. The molecule has 1 heterocycles. The van der Waals surface area contributed by atoms with Gasteiger partial charge in [-0.2, -0.15) is 13.2 Å². The van der Waals surface area contributed by atoms with Crippen LogP contribution in [-0.4, -0.2) is 57.1 Å². The molecule has 1 aliphatic carbocycles. The summed E-state index contributed by atoms with van der Waals surface area (Å²) in [7, 11) is -3.29. The minimum absolute atomic E-state index is 0.0146. The van der Waals surface area contributed by atoms with Gasteiger partial charge in [0.25, 0.3) is 10.0 Å². The molecule has 1 amide bonds. The van der Waals surface area contributed by atoms with E-state index in [1.807, 2.05) is 0 Å². The van der Waals surface area contributed by atoms with E-state index < -0.39 is 51.7 Å². The van der Waals surface area contributed by atoms with E-state index in [0.29, 0.717) is 13.8 Å². The first-order valence-corrected chi connectivity index (χ1v) is 13.9. The zero-order chi connectivity index (χ0) is 30.3. The first-order valence-electron chi connectivity index (χ1n) is 12.5. The van der Waals surface area contributed by atoms with Crippen molar-refractivity contribution in [2.24, 2.45) is 11.8 Å². The third kappa shape index (κ3) is 6.44. The Morgan fingerprint density at radius 1 is 1.17 bits per heavy atom. The van der Waals surface area contributed by atoms with Gasteiger partial charge in [0.15, 0.2) is 11.6 Å². The van der Waals surface area contributed by atoms with Gasteiger partial charge in [0.2, 0.25) is 5.60 Å². The Kier molecular flexibility index (Phi) is 8.04. The highest BCUT2D eigenvalue weighted by Crippen LogP contribution is 2.46. The number of hydrogen-bond donors (Lipinski definition) is 2. The number of rotatable bonds is 9. The molecule has 224 valence electrons. The van der Waals surface area contributed by atoms with Gasteiger partial charge in [-0.15, -0.1) is 0 Å². The highest BCUT2D eigenvalue weighted by Gasteiger charge is 2.51. The fourth-order valence-electron chi connectivity index (χ4n) is 4.49. The lowest BCUT2D eigenvalue weighted by Gasteiger charge is -2.39. The lowest BCUT2D eigenvalue weighted by Crippen LogP contribution is -2.47. The van der Waals surface area contributed by atoms with Gasteiger partial charge in [-0.05, 0) is 62.9 Å². The topological polar surface area (TPSA) is 131 Å². The van der Waals surface area contributed by atoms with Crippen molar-refractivity contribution in [3.05, 3.63) is 42.2 Å². The molecule has 2 atom stereocenters. The molecule has 0 unspecified atom stereocenters. The van der Waals surface area contributed by atoms with Gasteiger partial charge >= 0.3 is 18.2 Å². The fraction of sp³-hybridized carbons (Fsp3) is 0.462. The van der Waals surface area contributed by atoms with Crippen molar-refractivity contribution >= 4 is 33.5 Å². The first kappa shape index (κ1) is 30.2. The molecule has 0 radical (unpaired) electrons. The summed E-state index contributed by atoms with van der Waals surface area (Å²) in [6.45, 7) is 1.02. The Labute approximate surface area is 233 Å². The number of fused-ring (bicyclic) bond motifs is 1. The summed E-state index contributed by atoms with van der Waals surface area (Å²) in [6.07, 6.45) is -5.89. The predicted molar refractivity (Wildman–Crippen MR) is 137 cm³/mol. The maximum absolute atomic E-state index is 14.1. The Morgan fingerprint density at radius 3 is 2.44 bits per heavy atom. The molecule has 0 aromatic heterocycles. The maximum Gasteiger partial charge on any atom is 0.427 e. The second kappa shape index (κ2) is 10.9. The van der Waals surface area contributed by atoms with Gasteiger partial charge in [-0.1, -0.05) is 0 Å². The van der Waals surface area contributed by atoms with Crippen LogP contribution < -0.4 is 19.1 Å². The van der Waals surface area contributed by atoms with E-state index in [4.69, 9.17) is 9.47 Å².